The lowest BCUT2D eigenvalue weighted by Crippen LogP contribution is -2.39. The van der Waals surface area contributed by atoms with Crippen molar-refractivity contribution in [2.45, 2.75) is 40.2 Å². The minimum absolute atomic E-state index is 0.117. The van der Waals surface area contributed by atoms with Crippen LogP contribution in [0.5, 0.6) is 11.5 Å². The first kappa shape index (κ1) is 18.8. The van der Waals surface area contributed by atoms with E-state index in [2.05, 4.69) is 12.2 Å². The quantitative estimate of drug-likeness (QED) is 0.739. The third kappa shape index (κ3) is 5.52. The predicted octanol–water partition coefficient (Wildman–Crippen LogP) is 3.96. The van der Waals surface area contributed by atoms with Crippen molar-refractivity contribution < 1.29 is 14.3 Å². The van der Waals surface area contributed by atoms with E-state index in [9.17, 15) is 4.79 Å². The number of carbonyl (C=O) groups excluding carboxylic acids is 1. The number of para-hydroxylation sites is 1. The van der Waals surface area contributed by atoms with Gasteiger partial charge >= 0.3 is 0 Å². The summed E-state index contributed by atoms with van der Waals surface area (Å²) in [5.41, 5.74) is 3.44. The van der Waals surface area contributed by atoms with Crippen molar-refractivity contribution in [3.8, 4) is 11.5 Å². The SMILES string of the molecule is CC[C@H](Oc1ccc(C)c(C)c1)C(=O)NCCOc1ccccc1C. The average Bonchev–Trinajstić information content (AvgIpc) is 2.60. The second-order valence-corrected chi connectivity index (χ2v) is 6.17. The Labute approximate surface area is 150 Å². The fourth-order valence-electron chi connectivity index (χ4n) is 2.44. The molecule has 0 aliphatic heterocycles. The number of ether oxygens (including phenoxy) is 2. The van der Waals surface area contributed by atoms with Crippen LogP contribution in [0.25, 0.3) is 0 Å². The van der Waals surface area contributed by atoms with Gasteiger partial charge in [-0.1, -0.05) is 31.2 Å². The molecule has 0 heterocycles. The van der Waals surface area contributed by atoms with Gasteiger partial charge in [-0.25, -0.2) is 0 Å². The van der Waals surface area contributed by atoms with E-state index in [4.69, 9.17) is 9.47 Å². The van der Waals surface area contributed by atoms with Gasteiger partial charge in [0, 0.05) is 0 Å². The standard InChI is InChI=1S/C21H27NO3/c1-5-19(25-18-11-10-15(2)17(4)14-18)21(23)22-12-13-24-20-9-7-6-8-16(20)3/h6-11,14,19H,5,12-13H2,1-4H3,(H,22,23)/t19-/m0/s1. The topological polar surface area (TPSA) is 47.6 Å². The van der Waals surface area contributed by atoms with E-state index >= 15 is 0 Å². The van der Waals surface area contributed by atoms with Crippen LogP contribution in [0.1, 0.15) is 30.0 Å². The lowest BCUT2D eigenvalue weighted by Gasteiger charge is -2.18. The highest BCUT2D eigenvalue weighted by Gasteiger charge is 2.18. The second-order valence-electron chi connectivity index (χ2n) is 6.17. The molecule has 0 fully saturated rings. The van der Waals surface area contributed by atoms with Crippen LogP contribution in [-0.4, -0.2) is 25.2 Å². The molecule has 2 rings (SSSR count). The Bertz CT molecular complexity index is 712. The third-order valence-electron chi connectivity index (χ3n) is 4.17. The van der Waals surface area contributed by atoms with Crippen LogP contribution in [0.3, 0.4) is 0 Å². The molecule has 0 aliphatic carbocycles. The predicted molar refractivity (Wildman–Crippen MR) is 100 cm³/mol. The van der Waals surface area contributed by atoms with E-state index in [1.54, 1.807) is 0 Å². The van der Waals surface area contributed by atoms with Crippen molar-refractivity contribution in [3.63, 3.8) is 0 Å². The van der Waals surface area contributed by atoms with Crippen LogP contribution in [0.15, 0.2) is 42.5 Å². The van der Waals surface area contributed by atoms with Crippen LogP contribution >= 0.6 is 0 Å². The summed E-state index contributed by atoms with van der Waals surface area (Å²) >= 11 is 0. The molecular weight excluding hydrogens is 314 g/mol. The Balaban J connectivity index is 1.81. The first-order chi connectivity index (χ1) is 12.0. The van der Waals surface area contributed by atoms with E-state index in [1.165, 1.54) is 5.56 Å². The molecule has 2 aromatic carbocycles. The van der Waals surface area contributed by atoms with Crippen molar-refractivity contribution in [3.05, 3.63) is 59.2 Å². The molecule has 1 N–H and O–H groups in total. The lowest BCUT2D eigenvalue weighted by atomic mass is 10.1. The molecule has 0 saturated carbocycles. The van der Waals surface area contributed by atoms with Crippen LogP contribution < -0.4 is 14.8 Å². The number of nitrogens with one attached hydrogen (secondary N) is 1. The summed E-state index contributed by atoms with van der Waals surface area (Å²) in [6.45, 7) is 8.90. The number of rotatable bonds is 8. The number of carbonyl (C=O) groups is 1. The maximum Gasteiger partial charge on any atom is 0.261 e. The molecule has 0 aromatic heterocycles. The van der Waals surface area contributed by atoms with Crippen molar-refractivity contribution in [2.24, 2.45) is 0 Å². The summed E-state index contributed by atoms with van der Waals surface area (Å²) in [7, 11) is 0. The van der Waals surface area contributed by atoms with Crippen molar-refractivity contribution in [1.82, 2.24) is 5.32 Å². The number of benzene rings is 2. The van der Waals surface area contributed by atoms with Crippen LogP contribution in [0, 0.1) is 20.8 Å². The molecule has 2 aromatic rings. The van der Waals surface area contributed by atoms with Gasteiger partial charge in [-0.15, -0.1) is 0 Å². The van der Waals surface area contributed by atoms with Gasteiger partial charge in [0.05, 0.1) is 6.54 Å². The maximum absolute atomic E-state index is 12.3. The molecular formula is C21H27NO3. The first-order valence-corrected chi connectivity index (χ1v) is 8.71. The van der Waals surface area contributed by atoms with Gasteiger partial charge < -0.3 is 14.8 Å². The number of amides is 1. The fourth-order valence-corrected chi connectivity index (χ4v) is 2.44. The van der Waals surface area contributed by atoms with E-state index in [0.29, 0.717) is 19.6 Å². The van der Waals surface area contributed by atoms with Gasteiger partial charge in [-0.05, 0) is 62.1 Å². The second kappa shape index (κ2) is 9.11. The Morgan fingerprint density at radius 2 is 1.80 bits per heavy atom. The van der Waals surface area contributed by atoms with Gasteiger partial charge in [0.15, 0.2) is 6.10 Å². The highest BCUT2D eigenvalue weighted by Crippen LogP contribution is 2.19. The molecule has 134 valence electrons. The molecule has 1 amide bonds. The zero-order chi connectivity index (χ0) is 18.2. The zero-order valence-corrected chi connectivity index (χ0v) is 15.5. The summed E-state index contributed by atoms with van der Waals surface area (Å²) < 4.78 is 11.5. The minimum Gasteiger partial charge on any atom is -0.491 e. The Hall–Kier alpha value is -2.49. The number of hydrogen-bond acceptors (Lipinski definition) is 3. The number of aryl methyl sites for hydroxylation is 3. The fraction of sp³-hybridized carbons (Fsp3) is 0.381. The Kier molecular flexibility index (Phi) is 6.87. The van der Waals surface area contributed by atoms with E-state index in [1.807, 2.05) is 63.2 Å². The summed E-state index contributed by atoms with van der Waals surface area (Å²) in [6, 6.07) is 13.7. The number of hydrogen-bond donors (Lipinski definition) is 1. The molecule has 0 spiro atoms. The molecule has 0 unspecified atom stereocenters. The molecule has 4 nitrogen and oxygen atoms in total. The lowest BCUT2D eigenvalue weighted by molar-refractivity contribution is -0.128. The van der Waals surface area contributed by atoms with E-state index in [0.717, 1.165) is 22.6 Å². The average molecular weight is 341 g/mol. The van der Waals surface area contributed by atoms with Gasteiger partial charge in [0.2, 0.25) is 0 Å². The molecule has 0 radical (unpaired) electrons. The maximum atomic E-state index is 12.3. The monoisotopic (exact) mass is 341 g/mol. The third-order valence-corrected chi connectivity index (χ3v) is 4.17. The Morgan fingerprint density at radius 3 is 2.48 bits per heavy atom. The highest BCUT2D eigenvalue weighted by atomic mass is 16.5. The van der Waals surface area contributed by atoms with Crippen molar-refractivity contribution in [1.29, 1.82) is 0 Å². The molecule has 4 heteroatoms. The van der Waals surface area contributed by atoms with Gasteiger partial charge in [0.25, 0.3) is 5.91 Å². The van der Waals surface area contributed by atoms with Crippen molar-refractivity contribution >= 4 is 5.91 Å². The highest BCUT2D eigenvalue weighted by molar-refractivity contribution is 5.81. The summed E-state index contributed by atoms with van der Waals surface area (Å²) in [5.74, 6) is 1.45. The Morgan fingerprint density at radius 1 is 1.04 bits per heavy atom. The molecule has 0 saturated heterocycles. The van der Waals surface area contributed by atoms with Crippen LogP contribution in [0.4, 0.5) is 0 Å². The summed E-state index contributed by atoms with van der Waals surface area (Å²) in [4.78, 5) is 12.3. The molecule has 1 atom stereocenters. The van der Waals surface area contributed by atoms with Crippen LogP contribution in [-0.2, 0) is 4.79 Å². The largest absolute Gasteiger partial charge is 0.491 e. The van der Waals surface area contributed by atoms with Gasteiger partial charge in [-0.3, -0.25) is 4.79 Å². The smallest absolute Gasteiger partial charge is 0.261 e. The summed E-state index contributed by atoms with van der Waals surface area (Å²) in [6.07, 6.45) is 0.109. The van der Waals surface area contributed by atoms with Crippen molar-refractivity contribution in [2.75, 3.05) is 13.2 Å². The zero-order valence-electron chi connectivity index (χ0n) is 15.5. The van der Waals surface area contributed by atoms with Gasteiger partial charge in [-0.2, -0.15) is 0 Å². The van der Waals surface area contributed by atoms with E-state index in [-0.39, 0.29) is 5.91 Å². The molecule has 0 aliphatic rings. The summed E-state index contributed by atoms with van der Waals surface area (Å²) in [5, 5.41) is 2.88. The van der Waals surface area contributed by atoms with Crippen LogP contribution in [0.2, 0.25) is 0 Å². The van der Waals surface area contributed by atoms with Gasteiger partial charge in [0.1, 0.15) is 18.1 Å². The molecule has 0 bridgehead atoms. The normalized spacial score (nSPS) is 11.7. The molecule has 25 heavy (non-hydrogen) atoms. The first-order valence-electron chi connectivity index (χ1n) is 8.71. The minimum atomic E-state index is -0.499. The van der Waals surface area contributed by atoms with E-state index < -0.39 is 6.10 Å².